The van der Waals surface area contributed by atoms with Crippen LogP contribution in [-0.2, 0) is 21.6 Å². The summed E-state index contributed by atoms with van der Waals surface area (Å²) in [5, 5.41) is 8.93. The minimum absolute atomic E-state index is 0.221. The number of carbonyl (C=O) groups excluding carboxylic acids is 2. The van der Waals surface area contributed by atoms with Gasteiger partial charge in [0.1, 0.15) is 6.04 Å². The third kappa shape index (κ3) is 3.57. The first-order chi connectivity index (χ1) is 13.6. The molecule has 28 heavy (non-hydrogen) atoms. The molecule has 2 aliphatic rings. The van der Waals surface area contributed by atoms with Crippen molar-refractivity contribution in [1.29, 1.82) is 0 Å². The van der Waals surface area contributed by atoms with Crippen LogP contribution in [0.3, 0.4) is 0 Å². The average molecular weight is 400 g/mol. The zero-order valence-corrected chi connectivity index (χ0v) is 16.7. The Bertz CT molecular complexity index is 859. The molecule has 0 bridgehead atoms. The smallest absolute Gasteiger partial charge is 0.262 e. The van der Waals surface area contributed by atoms with Gasteiger partial charge in [-0.05, 0) is 43.1 Å². The van der Waals surface area contributed by atoms with E-state index in [1.807, 2.05) is 36.4 Å². The summed E-state index contributed by atoms with van der Waals surface area (Å²) in [7, 11) is 1.58. The van der Waals surface area contributed by atoms with Crippen LogP contribution in [0.25, 0.3) is 0 Å². The maximum atomic E-state index is 13.0. The number of hydrogen-bond donors (Lipinski definition) is 3. The SMILES string of the molecule is CNC(=O)C(NC(=O)c1cc2c(s1)CCOC21CCNCC1)c1ccccc1. The van der Waals surface area contributed by atoms with E-state index in [1.54, 1.807) is 7.05 Å². The third-order valence-electron chi connectivity index (χ3n) is 5.56. The van der Waals surface area contributed by atoms with Crippen LogP contribution in [0.4, 0.5) is 0 Å². The lowest BCUT2D eigenvalue weighted by Gasteiger charge is -2.40. The molecule has 1 atom stereocenters. The topological polar surface area (TPSA) is 79.5 Å². The van der Waals surface area contributed by atoms with Crippen LogP contribution in [0, 0.1) is 0 Å². The van der Waals surface area contributed by atoms with Crippen molar-refractivity contribution in [3.05, 3.63) is 57.3 Å². The van der Waals surface area contributed by atoms with E-state index in [0.717, 1.165) is 43.5 Å². The van der Waals surface area contributed by atoms with Gasteiger partial charge in [0.15, 0.2) is 0 Å². The Hall–Kier alpha value is -2.22. The van der Waals surface area contributed by atoms with Gasteiger partial charge in [-0.25, -0.2) is 0 Å². The van der Waals surface area contributed by atoms with E-state index in [9.17, 15) is 9.59 Å². The van der Waals surface area contributed by atoms with Crippen molar-refractivity contribution in [3.8, 4) is 0 Å². The highest BCUT2D eigenvalue weighted by Crippen LogP contribution is 2.43. The molecule has 0 radical (unpaired) electrons. The lowest BCUT2D eigenvalue weighted by Crippen LogP contribution is -2.44. The largest absolute Gasteiger partial charge is 0.370 e. The van der Waals surface area contributed by atoms with Gasteiger partial charge in [0, 0.05) is 18.3 Å². The molecular weight excluding hydrogens is 374 g/mol. The zero-order valence-electron chi connectivity index (χ0n) is 15.9. The van der Waals surface area contributed by atoms with Gasteiger partial charge in [-0.15, -0.1) is 11.3 Å². The van der Waals surface area contributed by atoms with Crippen molar-refractivity contribution in [3.63, 3.8) is 0 Å². The molecule has 3 heterocycles. The van der Waals surface area contributed by atoms with E-state index in [4.69, 9.17) is 4.74 Å². The van der Waals surface area contributed by atoms with E-state index >= 15 is 0 Å². The quantitative estimate of drug-likeness (QED) is 0.736. The number of thiophene rings is 1. The predicted octanol–water partition coefficient (Wildman–Crippen LogP) is 2.12. The molecule has 3 N–H and O–H groups in total. The van der Waals surface area contributed by atoms with Crippen LogP contribution in [0.15, 0.2) is 36.4 Å². The molecule has 1 aromatic carbocycles. The summed E-state index contributed by atoms with van der Waals surface area (Å²) < 4.78 is 6.20. The van der Waals surface area contributed by atoms with E-state index < -0.39 is 6.04 Å². The maximum Gasteiger partial charge on any atom is 0.262 e. The molecule has 1 saturated heterocycles. The summed E-state index contributed by atoms with van der Waals surface area (Å²) in [6.07, 6.45) is 2.67. The van der Waals surface area contributed by atoms with E-state index in [1.165, 1.54) is 16.2 Å². The van der Waals surface area contributed by atoms with Gasteiger partial charge >= 0.3 is 0 Å². The fraction of sp³-hybridized carbons (Fsp3) is 0.429. The number of likely N-dealkylation sites (N-methyl/N-ethyl adjacent to an activating group) is 1. The van der Waals surface area contributed by atoms with Crippen LogP contribution in [0.1, 0.15) is 44.6 Å². The fourth-order valence-electron chi connectivity index (χ4n) is 4.07. The minimum atomic E-state index is -0.720. The Balaban J connectivity index is 1.59. The lowest BCUT2D eigenvalue weighted by molar-refractivity contribution is -0.122. The second-order valence-corrected chi connectivity index (χ2v) is 8.36. The molecule has 2 aromatic rings. The lowest BCUT2D eigenvalue weighted by atomic mass is 9.83. The molecule has 0 aliphatic carbocycles. The number of fused-ring (bicyclic) bond motifs is 2. The zero-order chi connectivity index (χ0) is 19.6. The maximum absolute atomic E-state index is 13.0. The number of rotatable bonds is 4. The molecule has 1 unspecified atom stereocenters. The number of hydrogen-bond acceptors (Lipinski definition) is 5. The van der Waals surface area contributed by atoms with Crippen molar-refractivity contribution in [1.82, 2.24) is 16.0 Å². The normalized spacial score (nSPS) is 18.9. The van der Waals surface area contributed by atoms with Crippen molar-refractivity contribution in [2.24, 2.45) is 0 Å². The Kier molecular flexibility index (Phi) is 5.48. The standard InChI is InChI=1S/C21H25N3O3S/c1-22-20(26)18(14-5-3-2-4-6-14)24-19(25)17-13-15-16(28-17)7-12-27-21(15)8-10-23-11-9-21/h2-6,13,18,23H,7-12H2,1H3,(H,22,26)(H,24,25). The highest BCUT2D eigenvalue weighted by atomic mass is 32.1. The van der Waals surface area contributed by atoms with Crippen LogP contribution < -0.4 is 16.0 Å². The molecule has 1 fully saturated rings. The van der Waals surface area contributed by atoms with Crippen molar-refractivity contribution in [2.45, 2.75) is 30.9 Å². The van der Waals surface area contributed by atoms with Crippen LogP contribution >= 0.6 is 11.3 Å². The minimum Gasteiger partial charge on any atom is -0.370 e. The van der Waals surface area contributed by atoms with Gasteiger partial charge in [-0.1, -0.05) is 30.3 Å². The molecule has 6 nitrogen and oxygen atoms in total. The third-order valence-corrected chi connectivity index (χ3v) is 6.75. The van der Waals surface area contributed by atoms with Gasteiger partial charge in [0.05, 0.1) is 17.1 Å². The Morgan fingerprint density at radius 2 is 1.96 bits per heavy atom. The number of piperidine rings is 1. The van der Waals surface area contributed by atoms with E-state index in [2.05, 4.69) is 16.0 Å². The molecule has 2 amide bonds. The predicted molar refractivity (Wildman–Crippen MR) is 108 cm³/mol. The molecule has 4 rings (SSSR count). The molecule has 1 spiro atoms. The Labute approximate surface area is 168 Å². The molecule has 0 saturated carbocycles. The molecule has 7 heteroatoms. The summed E-state index contributed by atoms with van der Waals surface area (Å²) in [6, 6.07) is 10.6. The summed E-state index contributed by atoms with van der Waals surface area (Å²) in [5.74, 6) is -0.458. The first-order valence-electron chi connectivity index (χ1n) is 9.68. The first-order valence-corrected chi connectivity index (χ1v) is 10.5. The monoisotopic (exact) mass is 399 g/mol. The molecule has 148 valence electrons. The number of amides is 2. The van der Waals surface area contributed by atoms with E-state index in [-0.39, 0.29) is 17.4 Å². The molecule has 1 aromatic heterocycles. The fourth-order valence-corrected chi connectivity index (χ4v) is 5.20. The van der Waals surface area contributed by atoms with Gasteiger partial charge in [-0.3, -0.25) is 9.59 Å². The Morgan fingerprint density at radius 1 is 1.21 bits per heavy atom. The summed E-state index contributed by atoms with van der Waals surface area (Å²) in [4.78, 5) is 27.2. The van der Waals surface area contributed by atoms with Crippen LogP contribution in [-0.4, -0.2) is 38.6 Å². The van der Waals surface area contributed by atoms with Gasteiger partial charge < -0.3 is 20.7 Å². The summed E-state index contributed by atoms with van der Waals surface area (Å²) in [6.45, 7) is 2.53. The second kappa shape index (κ2) is 8.03. The van der Waals surface area contributed by atoms with Gasteiger partial charge in [0.2, 0.25) is 5.91 Å². The highest BCUT2D eigenvalue weighted by molar-refractivity contribution is 7.14. The Morgan fingerprint density at radius 3 is 2.68 bits per heavy atom. The van der Waals surface area contributed by atoms with Crippen LogP contribution in [0.2, 0.25) is 0 Å². The molecule has 2 aliphatic heterocycles. The number of ether oxygens (including phenoxy) is 1. The highest BCUT2D eigenvalue weighted by Gasteiger charge is 2.40. The van der Waals surface area contributed by atoms with E-state index in [0.29, 0.717) is 11.5 Å². The summed E-state index contributed by atoms with van der Waals surface area (Å²) >= 11 is 1.52. The van der Waals surface area contributed by atoms with Gasteiger partial charge in [-0.2, -0.15) is 0 Å². The van der Waals surface area contributed by atoms with Crippen molar-refractivity contribution in [2.75, 3.05) is 26.7 Å². The second-order valence-electron chi connectivity index (χ2n) is 7.22. The van der Waals surface area contributed by atoms with Gasteiger partial charge in [0.25, 0.3) is 5.91 Å². The molecular formula is C21H25N3O3S. The van der Waals surface area contributed by atoms with Crippen LogP contribution in [0.5, 0.6) is 0 Å². The van der Waals surface area contributed by atoms with Crippen molar-refractivity contribution >= 4 is 23.2 Å². The number of nitrogens with one attached hydrogen (secondary N) is 3. The number of benzene rings is 1. The summed E-state index contributed by atoms with van der Waals surface area (Å²) in [5.41, 5.74) is 1.65. The first kappa shape index (κ1) is 19.1. The average Bonchev–Trinajstić information content (AvgIpc) is 3.19. The number of carbonyl (C=O) groups is 2. The van der Waals surface area contributed by atoms with Crippen molar-refractivity contribution < 1.29 is 14.3 Å².